The molecule has 8 heteroatoms. The lowest BCUT2D eigenvalue weighted by atomic mass is 9.97. The molecule has 0 bridgehead atoms. The molecule has 1 fully saturated rings. The van der Waals surface area contributed by atoms with Crippen molar-refractivity contribution in [3.05, 3.63) is 41.2 Å². The number of carbonyl (C=O) groups is 1. The molecule has 3 rings (SSSR count). The fourth-order valence-corrected chi connectivity index (χ4v) is 3.22. The summed E-state index contributed by atoms with van der Waals surface area (Å²) < 4.78 is 1.71. The van der Waals surface area contributed by atoms with Crippen LogP contribution in [0.1, 0.15) is 41.7 Å². The second-order valence-corrected chi connectivity index (χ2v) is 6.65. The van der Waals surface area contributed by atoms with Gasteiger partial charge in [0.25, 0.3) is 0 Å². The van der Waals surface area contributed by atoms with Crippen LogP contribution in [0.4, 0.5) is 0 Å². The summed E-state index contributed by atoms with van der Waals surface area (Å²) in [5, 5.41) is 10.9. The number of nitrogens with one attached hydrogen (secondary N) is 2. The molecule has 0 saturated carbocycles. The van der Waals surface area contributed by atoms with Crippen molar-refractivity contribution >= 4 is 18.3 Å². The maximum atomic E-state index is 12.1. The van der Waals surface area contributed by atoms with Gasteiger partial charge in [-0.15, -0.1) is 12.4 Å². The van der Waals surface area contributed by atoms with Crippen LogP contribution in [0.25, 0.3) is 0 Å². The Bertz CT molecular complexity index is 706. The predicted molar refractivity (Wildman–Crippen MR) is 103 cm³/mol. The molecule has 1 atom stereocenters. The van der Waals surface area contributed by atoms with Crippen molar-refractivity contribution in [2.75, 3.05) is 19.6 Å². The van der Waals surface area contributed by atoms with E-state index in [1.165, 1.54) is 6.42 Å². The molecule has 2 N–H and O–H groups in total. The van der Waals surface area contributed by atoms with Gasteiger partial charge in [-0.25, -0.2) is 9.97 Å². The number of halogens is 1. The number of hydrogen-bond acceptors (Lipinski definition) is 5. The third-order valence-electron chi connectivity index (χ3n) is 4.38. The molecule has 0 radical (unpaired) electrons. The minimum absolute atomic E-state index is 0. The summed E-state index contributed by atoms with van der Waals surface area (Å²) >= 11 is 0. The molecule has 0 aromatic carbocycles. The highest BCUT2D eigenvalue weighted by Gasteiger charge is 2.17. The Labute approximate surface area is 160 Å². The Morgan fingerprint density at radius 1 is 1.35 bits per heavy atom. The molecule has 1 unspecified atom stereocenters. The summed E-state index contributed by atoms with van der Waals surface area (Å²) in [6.07, 6.45) is 4.85. The zero-order valence-electron chi connectivity index (χ0n) is 15.4. The minimum Gasteiger partial charge on any atom is -0.354 e. The quantitative estimate of drug-likeness (QED) is 0.796. The highest BCUT2D eigenvalue weighted by molar-refractivity contribution is 5.85. The fraction of sp³-hybridized carbons (Fsp3) is 0.556. The van der Waals surface area contributed by atoms with Crippen LogP contribution in [-0.4, -0.2) is 45.3 Å². The molecule has 0 aliphatic carbocycles. The van der Waals surface area contributed by atoms with Gasteiger partial charge < -0.3 is 10.6 Å². The number of aryl methyl sites for hydroxylation is 2. The van der Waals surface area contributed by atoms with Crippen LogP contribution in [0.5, 0.6) is 0 Å². The number of rotatable bonds is 6. The Morgan fingerprint density at radius 2 is 2.12 bits per heavy atom. The smallest absolute Gasteiger partial charge is 0.241 e. The van der Waals surface area contributed by atoms with Crippen LogP contribution in [0.15, 0.2) is 18.3 Å². The molecule has 1 saturated heterocycles. The Kier molecular flexibility index (Phi) is 7.53. The van der Waals surface area contributed by atoms with Crippen LogP contribution in [0, 0.1) is 13.8 Å². The van der Waals surface area contributed by atoms with Gasteiger partial charge in [0.2, 0.25) is 5.91 Å². The fourth-order valence-electron chi connectivity index (χ4n) is 3.22. The van der Waals surface area contributed by atoms with Gasteiger partial charge in [0, 0.05) is 43.0 Å². The third kappa shape index (κ3) is 5.78. The number of hydrogen-bond donors (Lipinski definition) is 2. The molecule has 1 amide bonds. The second-order valence-electron chi connectivity index (χ2n) is 6.65. The Balaban J connectivity index is 0.00000243. The van der Waals surface area contributed by atoms with Crippen LogP contribution in [-0.2, 0) is 17.8 Å². The van der Waals surface area contributed by atoms with Gasteiger partial charge in [-0.1, -0.05) is 0 Å². The maximum Gasteiger partial charge on any atom is 0.241 e. The van der Waals surface area contributed by atoms with Crippen molar-refractivity contribution in [3.8, 4) is 0 Å². The van der Waals surface area contributed by atoms with Crippen LogP contribution < -0.4 is 10.6 Å². The van der Waals surface area contributed by atoms with Gasteiger partial charge >= 0.3 is 0 Å². The zero-order valence-corrected chi connectivity index (χ0v) is 16.2. The van der Waals surface area contributed by atoms with E-state index in [9.17, 15) is 4.79 Å². The van der Waals surface area contributed by atoms with Gasteiger partial charge in [0.15, 0.2) is 0 Å². The average Bonchev–Trinajstić information content (AvgIpc) is 3.03. The molecular weight excluding hydrogens is 352 g/mol. The number of aromatic nitrogens is 4. The Hall–Kier alpha value is -1.99. The van der Waals surface area contributed by atoms with Crippen LogP contribution in [0.3, 0.4) is 0 Å². The molecule has 1 aliphatic rings. The standard InChI is InChI=1S/C18H26N6O.ClH/c1-13-10-14(2)22-17(21-13)5-8-20-18(25)12-24-9-6-16(23-24)15-4-3-7-19-11-15;/h6,9-10,15,19H,3-5,7-8,11-12H2,1-2H3,(H,20,25);1H. The zero-order chi connectivity index (χ0) is 17.6. The maximum absolute atomic E-state index is 12.1. The molecular formula is C18H27ClN6O. The van der Waals surface area contributed by atoms with E-state index in [4.69, 9.17) is 0 Å². The first kappa shape index (κ1) is 20.3. The van der Waals surface area contributed by atoms with Crippen molar-refractivity contribution in [1.82, 2.24) is 30.4 Å². The van der Waals surface area contributed by atoms with Crippen molar-refractivity contribution in [1.29, 1.82) is 0 Å². The SMILES string of the molecule is Cc1cc(C)nc(CCNC(=O)Cn2ccc(C3CCCNC3)n2)n1.Cl. The molecule has 3 heterocycles. The molecule has 26 heavy (non-hydrogen) atoms. The van der Waals surface area contributed by atoms with Crippen LogP contribution >= 0.6 is 12.4 Å². The first-order valence-electron chi connectivity index (χ1n) is 8.92. The molecule has 2 aromatic rings. The lowest BCUT2D eigenvalue weighted by Gasteiger charge is -2.20. The van der Waals surface area contributed by atoms with Gasteiger partial charge in [0.1, 0.15) is 12.4 Å². The summed E-state index contributed by atoms with van der Waals surface area (Å²) in [7, 11) is 0. The predicted octanol–water partition coefficient (Wildman–Crippen LogP) is 1.54. The normalized spacial score (nSPS) is 16.8. The number of amides is 1. The van der Waals surface area contributed by atoms with Gasteiger partial charge in [-0.05, 0) is 45.4 Å². The summed E-state index contributed by atoms with van der Waals surface area (Å²) in [5.41, 5.74) is 2.98. The van der Waals surface area contributed by atoms with Crippen molar-refractivity contribution < 1.29 is 4.79 Å². The Morgan fingerprint density at radius 3 is 2.81 bits per heavy atom. The number of carbonyl (C=O) groups excluding carboxylic acids is 1. The van der Waals surface area contributed by atoms with Crippen molar-refractivity contribution in [3.63, 3.8) is 0 Å². The van der Waals surface area contributed by atoms with Gasteiger partial charge in [-0.3, -0.25) is 9.48 Å². The first-order valence-corrected chi connectivity index (χ1v) is 8.92. The number of nitrogens with zero attached hydrogens (tertiary/aromatic N) is 4. The van der Waals surface area contributed by atoms with E-state index >= 15 is 0 Å². The highest BCUT2D eigenvalue weighted by Crippen LogP contribution is 2.21. The van der Waals surface area contributed by atoms with Gasteiger partial charge in [-0.2, -0.15) is 5.10 Å². The highest BCUT2D eigenvalue weighted by atomic mass is 35.5. The van der Waals surface area contributed by atoms with Crippen molar-refractivity contribution in [2.24, 2.45) is 0 Å². The molecule has 0 spiro atoms. The van der Waals surface area contributed by atoms with Crippen LogP contribution in [0.2, 0.25) is 0 Å². The summed E-state index contributed by atoms with van der Waals surface area (Å²) in [6.45, 7) is 6.74. The van der Waals surface area contributed by atoms with E-state index in [1.807, 2.05) is 32.2 Å². The van der Waals surface area contributed by atoms with E-state index in [-0.39, 0.29) is 24.9 Å². The summed E-state index contributed by atoms with van der Waals surface area (Å²) in [5.74, 6) is 1.18. The molecule has 2 aromatic heterocycles. The van der Waals surface area contributed by atoms with E-state index in [1.54, 1.807) is 4.68 Å². The minimum atomic E-state index is -0.0409. The molecule has 142 valence electrons. The van der Waals surface area contributed by atoms with E-state index < -0.39 is 0 Å². The third-order valence-corrected chi connectivity index (χ3v) is 4.38. The largest absolute Gasteiger partial charge is 0.354 e. The lowest BCUT2D eigenvalue weighted by molar-refractivity contribution is -0.121. The second kappa shape index (κ2) is 9.64. The summed E-state index contributed by atoms with van der Waals surface area (Å²) in [6, 6.07) is 3.97. The van der Waals surface area contributed by atoms with E-state index in [0.29, 0.717) is 18.9 Å². The van der Waals surface area contributed by atoms with Crippen molar-refractivity contribution in [2.45, 2.75) is 45.6 Å². The monoisotopic (exact) mass is 378 g/mol. The average molecular weight is 379 g/mol. The number of piperidine rings is 1. The molecule has 1 aliphatic heterocycles. The van der Waals surface area contributed by atoms with E-state index in [2.05, 4.69) is 25.7 Å². The van der Waals surface area contributed by atoms with Gasteiger partial charge in [0.05, 0.1) is 5.69 Å². The summed E-state index contributed by atoms with van der Waals surface area (Å²) in [4.78, 5) is 20.9. The first-order chi connectivity index (χ1) is 12.1. The topological polar surface area (TPSA) is 84.7 Å². The van der Waals surface area contributed by atoms with E-state index in [0.717, 1.165) is 42.4 Å². The lowest BCUT2D eigenvalue weighted by Crippen LogP contribution is -2.30. The molecule has 7 nitrogen and oxygen atoms in total.